The smallest absolute Gasteiger partial charge is 0.355 e. The lowest BCUT2D eigenvalue weighted by Gasteiger charge is -2.12. The van der Waals surface area contributed by atoms with E-state index in [-0.39, 0.29) is 11.4 Å². The van der Waals surface area contributed by atoms with Crippen molar-refractivity contribution in [3.05, 3.63) is 28.9 Å². The summed E-state index contributed by atoms with van der Waals surface area (Å²) in [5.74, 6) is -0.781. The van der Waals surface area contributed by atoms with E-state index in [1.807, 2.05) is 4.72 Å². The van der Waals surface area contributed by atoms with E-state index in [0.29, 0.717) is 5.69 Å². The summed E-state index contributed by atoms with van der Waals surface area (Å²) < 4.78 is 36.7. The van der Waals surface area contributed by atoms with Gasteiger partial charge in [0.05, 0.1) is 7.11 Å². The fourth-order valence-electron chi connectivity index (χ4n) is 1.16. The molecule has 0 aliphatic carbocycles. The highest BCUT2D eigenvalue weighted by atomic mass is 32.2. The van der Waals surface area contributed by atoms with E-state index in [1.165, 1.54) is 6.08 Å². The molecule has 1 aromatic heterocycles. The first-order valence-electron chi connectivity index (χ1n) is 4.35. The largest absolute Gasteiger partial charge is 0.464 e. The van der Waals surface area contributed by atoms with Crippen LogP contribution in [0.1, 0.15) is 5.69 Å². The molecule has 2 rings (SSSR count). The monoisotopic (exact) mass is 273 g/mol. The number of methoxy groups -OCH3 is 1. The summed E-state index contributed by atoms with van der Waals surface area (Å²) in [6.45, 7) is 0. The number of carbonyl (C=O) groups is 1. The van der Waals surface area contributed by atoms with Gasteiger partial charge in [0, 0.05) is 5.38 Å². The summed E-state index contributed by atoms with van der Waals surface area (Å²) in [5, 5.41) is 1.68. The van der Waals surface area contributed by atoms with Crippen LogP contribution in [0, 0.1) is 0 Å². The summed E-state index contributed by atoms with van der Waals surface area (Å²) in [7, 11) is -2.77. The minimum Gasteiger partial charge on any atom is -0.464 e. The first-order chi connectivity index (χ1) is 8.02. The Balaban J connectivity index is 2.47. The average Bonchev–Trinajstić information content (AvgIpc) is 2.79. The second kappa shape index (κ2) is 4.26. The molecule has 0 bridgehead atoms. The molecule has 0 fully saturated rings. The van der Waals surface area contributed by atoms with Crippen molar-refractivity contribution < 1.29 is 17.9 Å². The molecule has 17 heavy (non-hydrogen) atoms. The predicted molar refractivity (Wildman–Crippen MR) is 60.8 cm³/mol. The zero-order chi connectivity index (χ0) is 12.5. The second-order valence-corrected chi connectivity index (χ2v) is 4.99. The molecule has 0 amide bonds. The maximum Gasteiger partial charge on any atom is 0.355 e. The van der Waals surface area contributed by atoms with Crippen LogP contribution in [-0.4, -0.2) is 31.6 Å². The zero-order valence-electron chi connectivity index (χ0n) is 8.58. The molecule has 0 spiro atoms. The van der Waals surface area contributed by atoms with E-state index in [1.54, 1.807) is 11.4 Å². The Bertz CT molecular complexity index is 601. The molecule has 1 aromatic rings. The Kier molecular flexibility index (Phi) is 2.94. The van der Waals surface area contributed by atoms with Crippen LogP contribution in [0.4, 0.5) is 0 Å². The van der Waals surface area contributed by atoms with Crippen molar-refractivity contribution in [3.63, 3.8) is 0 Å². The van der Waals surface area contributed by atoms with Crippen molar-refractivity contribution >= 4 is 33.4 Å². The van der Waals surface area contributed by atoms with Crippen molar-refractivity contribution in [2.75, 3.05) is 7.11 Å². The molecule has 0 saturated carbocycles. The number of ether oxygens (including phenoxy) is 1. The summed E-state index contributed by atoms with van der Waals surface area (Å²) in [4.78, 5) is 11.3. The normalized spacial score (nSPS) is 17.7. The van der Waals surface area contributed by atoms with Gasteiger partial charge in [-0.25, -0.2) is 4.79 Å². The van der Waals surface area contributed by atoms with Crippen LogP contribution in [0.2, 0.25) is 0 Å². The quantitative estimate of drug-likeness (QED) is 0.755. The molecular formula is C8H7N3O4S2. The van der Waals surface area contributed by atoms with Crippen molar-refractivity contribution in [1.29, 1.82) is 0 Å². The molecule has 1 N–H and O–H groups in total. The number of rotatable bonds is 2. The maximum atomic E-state index is 11.4. The predicted octanol–water partition coefficient (Wildman–Crippen LogP) is -0.163. The molecule has 0 aromatic carbocycles. The molecule has 7 nitrogen and oxygen atoms in total. The van der Waals surface area contributed by atoms with Gasteiger partial charge in [0.1, 0.15) is 17.1 Å². The maximum absolute atomic E-state index is 11.4. The van der Waals surface area contributed by atoms with Crippen molar-refractivity contribution in [2.24, 2.45) is 4.40 Å². The van der Waals surface area contributed by atoms with E-state index in [9.17, 15) is 13.2 Å². The van der Waals surface area contributed by atoms with Crippen LogP contribution in [0.3, 0.4) is 0 Å². The molecule has 0 radical (unpaired) electrons. The highest BCUT2D eigenvalue weighted by molar-refractivity contribution is 7.88. The third-order valence-electron chi connectivity index (χ3n) is 1.84. The van der Waals surface area contributed by atoms with E-state index >= 15 is 0 Å². The molecule has 9 heteroatoms. The molecule has 90 valence electrons. The Morgan fingerprint density at radius 1 is 1.53 bits per heavy atom. The zero-order valence-corrected chi connectivity index (χ0v) is 10.2. The molecule has 0 saturated heterocycles. The van der Waals surface area contributed by atoms with Gasteiger partial charge in [-0.3, -0.25) is 4.72 Å². The molecular weight excluding hydrogens is 266 g/mol. The number of hydrogen-bond acceptors (Lipinski definition) is 6. The third kappa shape index (κ3) is 2.50. The Morgan fingerprint density at radius 2 is 2.29 bits per heavy atom. The van der Waals surface area contributed by atoms with Gasteiger partial charge in [-0.2, -0.15) is 12.8 Å². The lowest BCUT2D eigenvalue weighted by Crippen LogP contribution is -2.31. The molecule has 0 unspecified atom stereocenters. The van der Waals surface area contributed by atoms with Crippen LogP contribution in [0.15, 0.2) is 27.6 Å². The van der Waals surface area contributed by atoms with Gasteiger partial charge >= 0.3 is 16.2 Å². The van der Waals surface area contributed by atoms with Gasteiger partial charge in [-0.1, -0.05) is 0 Å². The van der Waals surface area contributed by atoms with Gasteiger partial charge in [0.15, 0.2) is 0 Å². The summed E-state index contributed by atoms with van der Waals surface area (Å²) in [6, 6.07) is 1.61. The minimum absolute atomic E-state index is 0.102. The molecule has 2 heterocycles. The Morgan fingerprint density at radius 3 is 2.88 bits per heavy atom. The molecule has 0 atom stereocenters. The van der Waals surface area contributed by atoms with Gasteiger partial charge < -0.3 is 4.74 Å². The SMILES string of the molecule is COC(=O)C1=CC(c2ccsn2)=NS(=O)(=O)N1. The van der Waals surface area contributed by atoms with Crippen molar-refractivity contribution in [2.45, 2.75) is 0 Å². The van der Waals surface area contributed by atoms with Gasteiger partial charge in [0.2, 0.25) is 0 Å². The fourth-order valence-corrected chi connectivity index (χ4v) is 2.55. The average molecular weight is 273 g/mol. The number of hydrogen-bond donors (Lipinski definition) is 1. The van der Waals surface area contributed by atoms with E-state index in [4.69, 9.17) is 0 Å². The molecule has 1 aliphatic rings. The van der Waals surface area contributed by atoms with E-state index in [2.05, 4.69) is 13.5 Å². The minimum atomic E-state index is -3.93. The third-order valence-corrected chi connectivity index (χ3v) is 3.32. The Hall–Kier alpha value is -1.74. The summed E-state index contributed by atoms with van der Waals surface area (Å²) in [5.41, 5.74) is 0.303. The first kappa shape index (κ1) is 11.7. The standard InChI is InChI=1S/C8H7N3O4S2/c1-15-8(12)7-4-6(5-2-3-16-9-5)10-17(13,14)11-7/h2-4,11H,1H3. The number of nitrogens with one attached hydrogen (secondary N) is 1. The number of aromatic nitrogens is 1. The highest BCUT2D eigenvalue weighted by Gasteiger charge is 2.24. The van der Waals surface area contributed by atoms with Gasteiger partial charge in [-0.05, 0) is 23.7 Å². The number of nitrogens with zero attached hydrogens (tertiary/aromatic N) is 2. The topological polar surface area (TPSA) is 97.7 Å². The summed E-state index contributed by atoms with van der Waals surface area (Å²) >= 11 is 1.16. The summed E-state index contributed by atoms with van der Waals surface area (Å²) in [6.07, 6.45) is 1.28. The Labute approximate surface area is 101 Å². The number of allylic oxidation sites excluding steroid dienone is 1. The number of esters is 1. The lowest BCUT2D eigenvalue weighted by atomic mass is 10.2. The van der Waals surface area contributed by atoms with Gasteiger partial charge in [-0.15, -0.1) is 4.40 Å². The van der Waals surface area contributed by atoms with Crippen molar-refractivity contribution in [3.8, 4) is 0 Å². The van der Waals surface area contributed by atoms with E-state index < -0.39 is 16.2 Å². The lowest BCUT2D eigenvalue weighted by molar-refractivity contribution is -0.136. The van der Waals surface area contributed by atoms with E-state index in [0.717, 1.165) is 18.6 Å². The van der Waals surface area contributed by atoms with Crippen LogP contribution >= 0.6 is 11.5 Å². The number of carbonyl (C=O) groups excluding carboxylic acids is 1. The van der Waals surface area contributed by atoms with Crippen LogP contribution in [0.5, 0.6) is 0 Å². The fraction of sp³-hybridized carbons (Fsp3) is 0.125. The highest BCUT2D eigenvalue weighted by Crippen LogP contribution is 2.12. The van der Waals surface area contributed by atoms with Gasteiger partial charge in [0.25, 0.3) is 0 Å². The first-order valence-corrected chi connectivity index (χ1v) is 6.63. The van der Waals surface area contributed by atoms with Crippen molar-refractivity contribution in [1.82, 2.24) is 9.10 Å². The van der Waals surface area contributed by atoms with Crippen LogP contribution < -0.4 is 4.72 Å². The van der Waals surface area contributed by atoms with Crippen LogP contribution in [-0.2, 0) is 19.7 Å². The second-order valence-electron chi connectivity index (χ2n) is 2.99. The van der Waals surface area contributed by atoms with Crippen LogP contribution in [0.25, 0.3) is 0 Å². The molecule has 1 aliphatic heterocycles.